The Hall–Kier alpha value is -0.540. The van der Waals surface area contributed by atoms with Crippen molar-refractivity contribution in [3.05, 3.63) is 12.3 Å². The highest BCUT2D eigenvalue weighted by Gasteiger charge is 2.06. The summed E-state index contributed by atoms with van der Waals surface area (Å²) in [6.07, 6.45) is 4.23. The third-order valence-corrected chi connectivity index (χ3v) is 1.12. The number of nitrogens with one attached hydrogen (secondary N) is 3. The van der Waals surface area contributed by atoms with E-state index in [1.165, 1.54) is 0 Å². The Morgan fingerprint density at radius 3 is 2.78 bits per heavy atom. The number of hydrogen-bond acceptors (Lipinski definition) is 3. The molecule has 0 aromatic carbocycles. The van der Waals surface area contributed by atoms with Gasteiger partial charge in [-0.2, -0.15) is 0 Å². The van der Waals surface area contributed by atoms with Crippen molar-refractivity contribution < 1.29 is 0 Å². The summed E-state index contributed by atoms with van der Waals surface area (Å²) in [6.45, 7) is 4.24. The summed E-state index contributed by atoms with van der Waals surface area (Å²) >= 11 is 0. The molecular formula is C6H13N3. The van der Waals surface area contributed by atoms with Gasteiger partial charge in [0, 0.05) is 12.2 Å². The van der Waals surface area contributed by atoms with Gasteiger partial charge in [0.1, 0.15) is 0 Å². The molecule has 0 fully saturated rings. The van der Waals surface area contributed by atoms with Crippen molar-refractivity contribution in [1.29, 1.82) is 0 Å². The van der Waals surface area contributed by atoms with E-state index < -0.39 is 0 Å². The second kappa shape index (κ2) is 2.85. The molecule has 0 aromatic heterocycles. The highest BCUT2D eigenvalue weighted by Crippen LogP contribution is 1.87. The minimum Gasteiger partial charge on any atom is -0.327 e. The molecule has 0 aromatic rings. The van der Waals surface area contributed by atoms with E-state index in [-0.39, 0.29) is 0 Å². The summed E-state index contributed by atoms with van der Waals surface area (Å²) in [5.74, 6) is 0. The predicted octanol–water partition coefficient (Wildman–Crippen LogP) is -0.0680. The SMILES string of the molecule is CC(C)NC1C=CNN1. The molecule has 1 atom stereocenters. The van der Waals surface area contributed by atoms with Crippen molar-refractivity contribution in [2.24, 2.45) is 0 Å². The fourth-order valence-corrected chi connectivity index (χ4v) is 0.787. The zero-order chi connectivity index (χ0) is 6.69. The molecule has 1 aliphatic heterocycles. The van der Waals surface area contributed by atoms with Crippen LogP contribution < -0.4 is 16.2 Å². The zero-order valence-corrected chi connectivity index (χ0v) is 5.81. The second-order valence-electron chi connectivity index (χ2n) is 2.45. The van der Waals surface area contributed by atoms with Crippen LogP contribution in [0.1, 0.15) is 13.8 Å². The molecule has 0 amide bonds. The second-order valence-corrected chi connectivity index (χ2v) is 2.45. The van der Waals surface area contributed by atoms with Gasteiger partial charge in [-0.25, -0.2) is 5.43 Å². The first kappa shape index (κ1) is 6.58. The third-order valence-electron chi connectivity index (χ3n) is 1.12. The monoisotopic (exact) mass is 127 g/mol. The standard InChI is InChI=1S/C6H13N3/c1-5(2)8-6-3-4-7-9-6/h3-9H,1-2H3. The fourth-order valence-electron chi connectivity index (χ4n) is 0.787. The smallest absolute Gasteiger partial charge is 0.0956 e. The Balaban J connectivity index is 2.20. The van der Waals surface area contributed by atoms with Crippen LogP contribution in [-0.2, 0) is 0 Å². The molecule has 9 heavy (non-hydrogen) atoms. The van der Waals surface area contributed by atoms with Gasteiger partial charge in [-0.15, -0.1) is 0 Å². The first-order valence-corrected chi connectivity index (χ1v) is 3.23. The molecule has 3 heteroatoms. The number of hydrogen-bond donors (Lipinski definition) is 3. The maximum Gasteiger partial charge on any atom is 0.0956 e. The van der Waals surface area contributed by atoms with Crippen molar-refractivity contribution in [2.45, 2.75) is 26.1 Å². The molecule has 3 N–H and O–H groups in total. The van der Waals surface area contributed by atoms with Gasteiger partial charge in [-0.3, -0.25) is 5.32 Å². The Morgan fingerprint density at radius 2 is 2.33 bits per heavy atom. The Labute approximate surface area is 55.5 Å². The molecule has 0 bridgehead atoms. The molecule has 0 spiro atoms. The van der Waals surface area contributed by atoms with Gasteiger partial charge >= 0.3 is 0 Å². The van der Waals surface area contributed by atoms with E-state index in [0.29, 0.717) is 12.2 Å². The molecule has 0 saturated carbocycles. The van der Waals surface area contributed by atoms with Crippen molar-refractivity contribution in [3.8, 4) is 0 Å². The van der Waals surface area contributed by atoms with Crippen molar-refractivity contribution in [2.75, 3.05) is 0 Å². The zero-order valence-electron chi connectivity index (χ0n) is 5.81. The summed E-state index contributed by atoms with van der Waals surface area (Å²) in [5, 5.41) is 3.28. The largest absolute Gasteiger partial charge is 0.327 e. The third kappa shape index (κ3) is 2.03. The van der Waals surface area contributed by atoms with E-state index in [1.54, 1.807) is 0 Å². The summed E-state index contributed by atoms with van der Waals surface area (Å²) < 4.78 is 0. The number of hydrazine groups is 1. The lowest BCUT2D eigenvalue weighted by atomic mass is 10.3. The van der Waals surface area contributed by atoms with Gasteiger partial charge in [0.25, 0.3) is 0 Å². The van der Waals surface area contributed by atoms with Gasteiger partial charge < -0.3 is 5.43 Å². The summed E-state index contributed by atoms with van der Waals surface area (Å²) in [7, 11) is 0. The average molecular weight is 127 g/mol. The van der Waals surface area contributed by atoms with Crippen LogP contribution in [0, 0.1) is 0 Å². The maximum absolute atomic E-state index is 3.28. The van der Waals surface area contributed by atoms with E-state index in [0.717, 1.165) is 0 Å². The van der Waals surface area contributed by atoms with E-state index >= 15 is 0 Å². The first-order chi connectivity index (χ1) is 4.29. The molecular weight excluding hydrogens is 114 g/mol. The molecule has 1 heterocycles. The van der Waals surface area contributed by atoms with Crippen LogP contribution in [0.3, 0.4) is 0 Å². The lowest BCUT2D eigenvalue weighted by molar-refractivity contribution is 0.451. The van der Waals surface area contributed by atoms with Gasteiger partial charge in [0.2, 0.25) is 0 Å². The normalized spacial score (nSPS) is 25.0. The molecule has 1 aliphatic rings. The van der Waals surface area contributed by atoms with Crippen LogP contribution in [0.2, 0.25) is 0 Å². The lowest BCUT2D eigenvalue weighted by Crippen LogP contribution is -2.44. The van der Waals surface area contributed by atoms with Crippen LogP contribution in [0.25, 0.3) is 0 Å². The highest BCUT2D eigenvalue weighted by atomic mass is 15.4. The Bertz CT molecular complexity index is 109. The van der Waals surface area contributed by atoms with Crippen molar-refractivity contribution >= 4 is 0 Å². The average Bonchev–Trinajstić information content (AvgIpc) is 2.15. The van der Waals surface area contributed by atoms with E-state index in [2.05, 4.69) is 30.0 Å². The van der Waals surface area contributed by atoms with Crippen molar-refractivity contribution in [3.63, 3.8) is 0 Å². The Morgan fingerprint density at radius 1 is 1.56 bits per heavy atom. The highest BCUT2D eigenvalue weighted by molar-refractivity contribution is 4.95. The van der Waals surface area contributed by atoms with Crippen LogP contribution in [0.15, 0.2) is 12.3 Å². The molecule has 0 saturated heterocycles. The maximum atomic E-state index is 3.28. The van der Waals surface area contributed by atoms with Gasteiger partial charge in [-0.05, 0) is 19.9 Å². The number of rotatable bonds is 2. The molecule has 0 radical (unpaired) electrons. The van der Waals surface area contributed by atoms with Crippen LogP contribution in [0.5, 0.6) is 0 Å². The molecule has 0 aliphatic carbocycles. The van der Waals surface area contributed by atoms with Crippen molar-refractivity contribution in [1.82, 2.24) is 16.2 Å². The van der Waals surface area contributed by atoms with E-state index in [1.807, 2.05) is 12.3 Å². The van der Waals surface area contributed by atoms with Gasteiger partial charge in [0.15, 0.2) is 0 Å². The molecule has 3 nitrogen and oxygen atoms in total. The molecule has 52 valence electrons. The predicted molar refractivity (Wildman–Crippen MR) is 37.5 cm³/mol. The quantitative estimate of drug-likeness (QED) is 0.486. The Kier molecular flexibility index (Phi) is 2.08. The first-order valence-electron chi connectivity index (χ1n) is 3.23. The van der Waals surface area contributed by atoms with E-state index in [4.69, 9.17) is 0 Å². The fraction of sp³-hybridized carbons (Fsp3) is 0.667. The minimum atomic E-state index is 0.296. The summed E-state index contributed by atoms with van der Waals surface area (Å²) in [4.78, 5) is 0. The van der Waals surface area contributed by atoms with E-state index in [9.17, 15) is 0 Å². The van der Waals surface area contributed by atoms with Crippen LogP contribution in [-0.4, -0.2) is 12.2 Å². The lowest BCUT2D eigenvalue weighted by Gasteiger charge is -2.13. The molecule has 1 rings (SSSR count). The van der Waals surface area contributed by atoms with Gasteiger partial charge in [-0.1, -0.05) is 0 Å². The summed E-state index contributed by atoms with van der Waals surface area (Å²) in [5.41, 5.74) is 5.90. The van der Waals surface area contributed by atoms with Gasteiger partial charge in [0.05, 0.1) is 6.17 Å². The summed E-state index contributed by atoms with van der Waals surface area (Å²) in [6, 6.07) is 0.520. The van der Waals surface area contributed by atoms with Crippen LogP contribution >= 0.6 is 0 Å². The molecule has 1 unspecified atom stereocenters. The minimum absolute atomic E-state index is 0.296. The topological polar surface area (TPSA) is 36.1 Å². The van der Waals surface area contributed by atoms with Crippen LogP contribution in [0.4, 0.5) is 0 Å².